The number of benzene rings is 1. The number of carbonyl (C=O) groups is 1. The molecular formula is C14H16ClNO4S. The van der Waals surface area contributed by atoms with Crippen LogP contribution < -0.4 is 10.1 Å². The molecule has 0 aliphatic carbocycles. The maximum absolute atomic E-state index is 12.3. The molecular weight excluding hydrogens is 314 g/mol. The Morgan fingerprint density at radius 1 is 1.48 bits per heavy atom. The van der Waals surface area contributed by atoms with Crippen LogP contribution in [-0.2, 0) is 21.1 Å². The van der Waals surface area contributed by atoms with Crippen molar-refractivity contribution in [3.63, 3.8) is 0 Å². The number of carbonyl (C=O) groups excluding carboxylic acids is 1. The first-order chi connectivity index (χ1) is 9.76. The van der Waals surface area contributed by atoms with E-state index in [1.165, 1.54) is 0 Å². The minimum Gasteiger partial charge on any atom is -0.480 e. The minimum atomic E-state index is -3.06. The van der Waals surface area contributed by atoms with Gasteiger partial charge in [-0.2, -0.15) is 0 Å². The first kappa shape index (κ1) is 14.7. The van der Waals surface area contributed by atoms with Gasteiger partial charge in [0.25, 0.3) is 5.91 Å². The normalized spacial score (nSPS) is 29.7. The van der Waals surface area contributed by atoms with Crippen molar-refractivity contribution in [3.8, 4) is 5.75 Å². The fourth-order valence-electron chi connectivity index (χ4n) is 2.85. The van der Waals surface area contributed by atoms with Gasteiger partial charge in [0.2, 0.25) is 0 Å². The predicted molar refractivity (Wildman–Crippen MR) is 79.4 cm³/mol. The smallest absolute Gasteiger partial charge is 0.261 e. The lowest BCUT2D eigenvalue weighted by Crippen LogP contribution is -2.51. The van der Waals surface area contributed by atoms with Crippen molar-refractivity contribution >= 4 is 27.3 Å². The van der Waals surface area contributed by atoms with Crippen molar-refractivity contribution in [2.75, 3.05) is 11.5 Å². The van der Waals surface area contributed by atoms with E-state index in [1.807, 2.05) is 0 Å². The van der Waals surface area contributed by atoms with E-state index in [2.05, 4.69) is 5.32 Å². The second kappa shape index (κ2) is 4.88. The van der Waals surface area contributed by atoms with E-state index in [-0.39, 0.29) is 17.4 Å². The lowest BCUT2D eigenvalue weighted by atomic mass is 10.0. The third-order valence-corrected chi connectivity index (χ3v) is 6.06. The van der Waals surface area contributed by atoms with Gasteiger partial charge < -0.3 is 10.1 Å². The largest absolute Gasteiger partial charge is 0.480 e. The number of hydrogen-bond donors (Lipinski definition) is 1. The summed E-state index contributed by atoms with van der Waals surface area (Å²) in [5, 5.41) is 3.43. The van der Waals surface area contributed by atoms with E-state index in [0.717, 1.165) is 5.56 Å². The monoisotopic (exact) mass is 329 g/mol. The van der Waals surface area contributed by atoms with Crippen molar-refractivity contribution in [1.82, 2.24) is 5.32 Å². The molecule has 1 amide bonds. The van der Waals surface area contributed by atoms with E-state index in [1.54, 1.807) is 25.1 Å². The second-order valence-electron chi connectivity index (χ2n) is 5.95. The van der Waals surface area contributed by atoms with Crippen molar-refractivity contribution in [2.45, 2.75) is 31.4 Å². The molecule has 2 aliphatic heterocycles. The zero-order valence-electron chi connectivity index (χ0n) is 11.6. The van der Waals surface area contributed by atoms with Crippen molar-refractivity contribution in [2.24, 2.45) is 0 Å². The molecule has 2 heterocycles. The third-order valence-electron chi connectivity index (χ3n) is 3.92. The van der Waals surface area contributed by atoms with Crippen molar-refractivity contribution in [1.29, 1.82) is 0 Å². The fraction of sp³-hybridized carbons (Fsp3) is 0.500. The summed E-state index contributed by atoms with van der Waals surface area (Å²) < 4.78 is 28.7. The van der Waals surface area contributed by atoms with Crippen LogP contribution in [0.25, 0.3) is 0 Å². The molecule has 2 atom stereocenters. The lowest BCUT2D eigenvalue weighted by Gasteiger charge is -2.25. The van der Waals surface area contributed by atoms with Gasteiger partial charge in [0.15, 0.2) is 15.9 Å². The molecule has 114 valence electrons. The zero-order valence-corrected chi connectivity index (χ0v) is 13.1. The molecule has 21 heavy (non-hydrogen) atoms. The molecule has 3 rings (SSSR count). The molecule has 1 saturated heterocycles. The van der Waals surface area contributed by atoms with Gasteiger partial charge in [0.05, 0.1) is 17.0 Å². The van der Waals surface area contributed by atoms with Crippen LogP contribution in [0.2, 0.25) is 5.02 Å². The molecule has 0 bridgehead atoms. The molecule has 5 nitrogen and oxygen atoms in total. The Morgan fingerprint density at radius 2 is 2.24 bits per heavy atom. The molecule has 0 unspecified atom stereocenters. The molecule has 0 aromatic heterocycles. The van der Waals surface area contributed by atoms with Gasteiger partial charge in [-0.15, -0.1) is 0 Å². The van der Waals surface area contributed by atoms with Gasteiger partial charge >= 0.3 is 0 Å². The minimum absolute atomic E-state index is 0.0166. The van der Waals surface area contributed by atoms with Crippen LogP contribution in [0, 0.1) is 0 Å². The Hall–Kier alpha value is -1.27. The number of fused-ring (bicyclic) bond motifs is 1. The Bertz CT molecular complexity index is 703. The first-order valence-electron chi connectivity index (χ1n) is 6.74. The molecule has 1 fully saturated rings. The summed E-state index contributed by atoms with van der Waals surface area (Å²) in [6, 6.07) is 5.24. The summed E-state index contributed by atoms with van der Waals surface area (Å²) in [4.78, 5) is 12.3. The quantitative estimate of drug-likeness (QED) is 0.888. The van der Waals surface area contributed by atoms with E-state index < -0.39 is 21.5 Å². The van der Waals surface area contributed by atoms with Gasteiger partial charge in [-0.25, -0.2) is 8.42 Å². The first-order valence-corrected chi connectivity index (χ1v) is 8.94. The van der Waals surface area contributed by atoms with Crippen LogP contribution >= 0.6 is 11.6 Å². The van der Waals surface area contributed by atoms with Gasteiger partial charge in [-0.05, 0) is 37.1 Å². The van der Waals surface area contributed by atoms with Crippen molar-refractivity contribution < 1.29 is 17.9 Å². The Morgan fingerprint density at radius 3 is 2.90 bits per heavy atom. The van der Waals surface area contributed by atoms with Gasteiger partial charge in [-0.3, -0.25) is 4.79 Å². The van der Waals surface area contributed by atoms with E-state index in [9.17, 15) is 13.2 Å². The van der Waals surface area contributed by atoms with Crippen LogP contribution in [0.15, 0.2) is 18.2 Å². The van der Waals surface area contributed by atoms with Crippen LogP contribution in [0.5, 0.6) is 5.75 Å². The van der Waals surface area contributed by atoms with E-state index in [4.69, 9.17) is 16.3 Å². The maximum Gasteiger partial charge on any atom is 0.261 e. The summed E-state index contributed by atoms with van der Waals surface area (Å²) in [6.45, 7) is 1.76. The number of sulfone groups is 1. The molecule has 2 aliphatic rings. The molecule has 1 aromatic rings. The SMILES string of the molecule is C[C@]1(NC(=O)[C@H]2Cc3cc(Cl)ccc3O2)CCS(=O)(=O)C1. The average molecular weight is 330 g/mol. The Kier molecular flexibility index (Phi) is 3.41. The van der Waals surface area contributed by atoms with Crippen LogP contribution in [0.1, 0.15) is 18.9 Å². The summed E-state index contributed by atoms with van der Waals surface area (Å²) in [5.41, 5.74) is 0.193. The molecule has 0 radical (unpaired) electrons. The number of ether oxygens (including phenoxy) is 1. The highest BCUT2D eigenvalue weighted by molar-refractivity contribution is 7.91. The number of nitrogens with one attached hydrogen (secondary N) is 1. The van der Waals surface area contributed by atoms with Crippen LogP contribution in [0.3, 0.4) is 0 Å². The molecule has 0 saturated carbocycles. The fourth-order valence-corrected chi connectivity index (χ4v) is 5.14. The topological polar surface area (TPSA) is 72.5 Å². The number of amides is 1. The summed E-state index contributed by atoms with van der Waals surface area (Å²) in [6.07, 6.45) is 0.260. The molecule has 1 N–H and O–H groups in total. The molecule has 7 heteroatoms. The van der Waals surface area contributed by atoms with Gasteiger partial charge in [0, 0.05) is 11.4 Å². The lowest BCUT2D eigenvalue weighted by molar-refractivity contribution is -0.128. The predicted octanol–water partition coefficient (Wildman–Crippen LogP) is 1.34. The van der Waals surface area contributed by atoms with E-state index >= 15 is 0 Å². The molecule has 1 aromatic carbocycles. The highest BCUT2D eigenvalue weighted by Crippen LogP contribution is 2.32. The molecule has 0 spiro atoms. The van der Waals surface area contributed by atoms with Crippen molar-refractivity contribution in [3.05, 3.63) is 28.8 Å². The van der Waals surface area contributed by atoms with E-state index in [0.29, 0.717) is 23.6 Å². The van der Waals surface area contributed by atoms with Gasteiger partial charge in [-0.1, -0.05) is 11.6 Å². The van der Waals surface area contributed by atoms with Crippen LogP contribution in [-0.4, -0.2) is 37.5 Å². The summed E-state index contributed by atoms with van der Waals surface area (Å²) in [5.74, 6) is 0.480. The highest BCUT2D eigenvalue weighted by Gasteiger charge is 2.41. The van der Waals surface area contributed by atoms with Gasteiger partial charge in [0.1, 0.15) is 5.75 Å². The Balaban J connectivity index is 1.68. The number of hydrogen-bond acceptors (Lipinski definition) is 4. The number of halogens is 1. The maximum atomic E-state index is 12.3. The summed E-state index contributed by atoms with van der Waals surface area (Å²) in [7, 11) is -3.06. The number of rotatable bonds is 2. The standard InChI is InChI=1S/C14H16ClNO4S/c1-14(4-5-21(18,19)8-14)16-13(17)12-7-9-6-10(15)2-3-11(9)20-12/h2-3,6,12H,4-5,7-8H2,1H3,(H,16,17)/t12-,14+/m1/s1. The highest BCUT2D eigenvalue weighted by atomic mass is 35.5. The average Bonchev–Trinajstić information content (AvgIpc) is 2.90. The summed E-state index contributed by atoms with van der Waals surface area (Å²) >= 11 is 5.92. The second-order valence-corrected chi connectivity index (χ2v) is 8.58. The Labute approximate surface area is 128 Å². The zero-order chi connectivity index (χ0) is 15.3. The van der Waals surface area contributed by atoms with Crippen LogP contribution in [0.4, 0.5) is 0 Å². The third kappa shape index (κ3) is 3.01.